The van der Waals surface area contributed by atoms with E-state index in [0.29, 0.717) is 6.61 Å². The Bertz CT molecular complexity index is 434. The van der Waals surface area contributed by atoms with Crippen molar-refractivity contribution >= 4 is 0 Å². The summed E-state index contributed by atoms with van der Waals surface area (Å²) in [6, 6.07) is 8.57. The van der Waals surface area contributed by atoms with Crippen LogP contribution in [0.3, 0.4) is 0 Å². The highest BCUT2D eigenvalue weighted by Crippen LogP contribution is 2.41. The lowest BCUT2D eigenvalue weighted by Gasteiger charge is -2.29. The molecule has 1 aromatic carbocycles. The molecule has 3 nitrogen and oxygen atoms in total. The van der Waals surface area contributed by atoms with Crippen molar-refractivity contribution in [1.82, 2.24) is 0 Å². The third-order valence-corrected chi connectivity index (χ3v) is 4.82. The SMILES string of the molecule is NCC1(c2cccc(OC3CCCOC3)c2)CCCC1. The van der Waals surface area contributed by atoms with Gasteiger partial charge in [-0.2, -0.15) is 0 Å². The maximum atomic E-state index is 6.08. The van der Waals surface area contributed by atoms with Gasteiger partial charge in [0.1, 0.15) is 11.9 Å². The van der Waals surface area contributed by atoms with Gasteiger partial charge in [-0.05, 0) is 43.4 Å². The van der Waals surface area contributed by atoms with Crippen LogP contribution in [0.5, 0.6) is 5.75 Å². The lowest BCUT2D eigenvalue weighted by molar-refractivity contribution is 0.00737. The highest BCUT2D eigenvalue weighted by atomic mass is 16.5. The van der Waals surface area contributed by atoms with Crippen molar-refractivity contribution in [3.05, 3.63) is 29.8 Å². The van der Waals surface area contributed by atoms with Gasteiger partial charge < -0.3 is 15.2 Å². The molecule has 1 aromatic rings. The van der Waals surface area contributed by atoms with E-state index in [1.54, 1.807) is 0 Å². The first-order valence-electron chi connectivity index (χ1n) is 7.87. The fourth-order valence-corrected chi connectivity index (χ4v) is 3.56. The first-order chi connectivity index (χ1) is 9.82. The summed E-state index contributed by atoms with van der Waals surface area (Å²) >= 11 is 0. The summed E-state index contributed by atoms with van der Waals surface area (Å²) in [7, 11) is 0. The van der Waals surface area contributed by atoms with Crippen LogP contribution in [0.4, 0.5) is 0 Å². The second-order valence-electron chi connectivity index (χ2n) is 6.18. The van der Waals surface area contributed by atoms with E-state index < -0.39 is 0 Å². The van der Waals surface area contributed by atoms with Gasteiger partial charge in [0.15, 0.2) is 0 Å². The summed E-state index contributed by atoms with van der Waals surface area (Å²) in [5.74, 6) is 0.970. The Morgan fingerprint density at radius 2 is 2.10 bits per heavy atom. The van der Waals surface area contributed by atoms with Crippen molar-refractivity contribution in [2.75, 3.05) is 19.8 Å². The molecule has 110 valence electrons. The Labute approximate surface area is 121 Å². The Morgan fingerprint density at radius 3 is 2.80 bits per heavy atom. The van der Waals surface area contributed by atoms with Crippen molar-refractivity contribution in [2.45, 2.75) is 50.0 Å². The second-order valence-corrected chi connectivity index (χ2v) is 6.18. The summed E-state index contributed by atoms with van der Waals surface area (Å²) < 4.78 is 11.6. The Balaban J connectivity index is 1.75. The van der Waals surface area contributed by atoms with E-state index in [2.05, 4.69) is 24.3 Å². The molecule has 1 heterocycles. The van der Waals surface area contributed by atoms with Gasteiger partial charge in [0.25, 0.3) is 0 Å². The van der Waals surface area contributed by atoms with Gasteiger partial charge in [0.05, 0.1) is 6.61 Å². The number of nitrogens with two attached hydrogens (primary N) is 1. The molecule has 20 heavy (non-hydrogen) atoms. The van der Waals surface area contributed by atoms with Crippen LogP contribution in [0.15, 0.2) is 24.3 Å². The van der Waals surface area contributed by atoms with Gasteiger partial charge in [-0.1, -0.05) is 25.0 Å². The van der Waals surface area contributed by atoms with Gasteiger partial charge in [-0.25, -0.2) is 0 Å². The quantitative estimate of drug-likeness (QED) is 0.918. The van der Waals surface area contributed by atoms with Crippen LogP contribution in [-0.2, 0) is 10.2 Å². The molecule has 0 radical (unpaired) electrons. The Kier molecular flexibility index (Phi) is 4.27. The molecule has 3 rings (SSSR count). The van der Waals surface area contributed by atoms with Crippen LogP contribution in [0.1, 0.15) is 44.1 Å². The number of hydrogen-bond donors (Lipinski definition) is 1. The van der Waals surface area contributed by atoms with Crippen LogP contribution in [0, 0.1) is 0 Å². The summed E-state index contributed by atoms with van der Waals surface area (Å²) in [4.78, 5) is 0. The van der Waals surface area contributed by atoms with Gasteiger partial charge in [-0.15, -0.1) is 0 Å². The molecular weight excluding hydrogens is 250 g/mol. The average Bonchev–Trinajstić information content (AvgIpc) is 2.99. The molecule has 1 unspecified atom stereocenters. The van der Waals surface area contributed by atoms with Gasteiger partial charge in [-0.3, -0.25) is 0 Å². The van der Waals surface area contributed by atoms with Gasteiger partial charge in [0.2, 0.25) is 0 Å². The van der Waals surface area contributed by atoms with E-state index in [4.69, 9.17) is 15.2 Å². The third kappa shape index (κ3) is 2.84. The number of rotatable bonds is 4. The standard InChI is InChI=1S/C17H25NO2/c18-13-17(8-1-2-9-17)14-5-3-6-15(11-14)20-16-7-4-10-19-12-16/h3,5-6,11,16H,1-2,4,7-10,12-13,18H2. The van der Waals surface area contributed by atoms with E-state index in [1.807, 2.05) is 0 Å². The summed E-state index contributed by atoms with van der Waals surface area (Å²) in [5, 5.41) is 0. The maximum absolute atomic E-state index is 6.08. The molecule has 3 heteroatoms. The molecule has 2 N–H and O–H groups in total. The predicted molar refractivity (Wildman–Crippen MR) is 80.1 cm³/mol. The minimum Gasteiger partial charge on any atom is -0.488 e. The fraction of sp³-hybridized carbons (Fsp3) is 0.647. The smallest absolute Gasteiger partial charge is 0.122 e. The number of ether oxygens (including phenoxy) is 2. The van der Waals surface area contributed by atoms with E-state index in [1.165, 1.54) is 31.2 Å². The number of hydrogen-bond acceptors (Lipinski definition) is 3. The molecule has 1 aliphatic heterocycles. The lowest BCUT2D eigenvalue weighted by Crippen LogP contribution is -2.32. The van der Waals surface area contributed by atoms with E-state index in [-0.39, 0.29) is 11.5 Å². The molecule has 2 aliphatic rings. The molecule has 1 saturated carbocycles. The molecule has 0 amide bonds. The van der Waals surface area contributed by atoms with Crippen molar-refractivity contribution in [3.8, 4) is 5.75 Å². The topological polar surface area (TPSA) is 44.5 Å². The van der Waals surface area contributed by atoms with Crippen molar-refractivity contribution in [1.29, 1.82) is 0 Å². The first kappa shape index (κ1) is 13.9. The van der Waals surface area contributed by atoms with Crippen molar-refractivity contribution in [3.63, 3.8) is 0 Å². The van der Waals surface area contributed by atoms with Crippen molar-refractivity contribution in [2.24, 2.45) is 5.73 Å². The summed E-state index contributed by atoms with van der Waals surface area (Å²) in [6.45, 7) is 2.32. The van der Waals surface area contributed by atoms with Crippen LogP contribution in [0.25, 0.3) is 0 Å². The maximum Gasteiger partial charge on any atom is 0.122 e. The van der Waals surface area contributed by atoms with Gasteiger partial charge >= 0.3 is 0 Å². The fourth-order valence-electron chi connectivity index (χ4n) is 3.56. The van der Waals surface area contributed by atoms with Gasteiger partial charge in [0, 0.05) is 18.6 Å². The highest BCUT2D eigenvalue weighted by Gasteiger charge is 2.34. The van der Waals surface area contributed by atoms with E-state index >= 15 is 0 Å². The highest BCUT2D eigenvalue weighted by molar-refractivity contribution is 5.35. The van der Waals surface area contributed by atoms with Crippen LogP contribution >= 0.6 is 0 Å². The predicted octanol–water partition coefficient (Wildman–Crippen LogP) is 3.01. The third-order valence-electron chi connectivity index (χ3n) is 4.82. The zero-order valence-corrected chi connectivity index (χ0v) is 12.1. The summed E-state index contributed by atoms with van der Waals surface area (Å²) in [5.41, 5.74) is 7.61. The average molecular weight is 275 g/mol. The van der Waals surface area contributed by atoms with Crippen molar-refractivity contribution < 1.29 is 9.47 Å². The zero-order chi connectivity index (χ0) is 13.8. The molecule has 2 fully saturated rings. The Hall–Kier alpha value is -1.06. The summed E-state index contributed by atoms with van der Waals surface area (Å²) in [6.07, 6.45) is 7.39. The monoisotopic (exact) mass is 275 g/mol. The Morgan fingerprint density at radius 1 is 1.25 bits per heavy atom. The van der Waals surface area contributed by atoms with Crippen LogP contribution in [0.2, 0.25) is 0 Å². The van der Waals surface area contributed by atoms with Crippen LogP contribution in [-0.4, -0.2) is 25.9 Å². The van der Waals surface area contributed by atoms with E-state index in [9.17, 15) is 0 Å². The minimum atomic E-state index is 0.183. The molecule has 0 spiro atoms. The second kappa shape index (κ2) is 6.15. The lowest BCUT2D eigenvalue weighted by atomic mass is 9.79. The first-order valence-corrected chi connectivity index (χ1v) is 7.87. The normalized spacial score (nSPS) is 25.6. The molecule has 1 aliphatic carbocycles. The molecule has 0 aromatic heterocycles. The molecule has 1 saturated heterocycles. The molecule has 1 atom stereocenters. The molecule has 0 bridgehead atoms. The number of benzene rings is 1. The van der Waals surface area contributed by atoms with E-state index in [0.717, 1.165) is 31.7 Å². The van der Waals surface area contributed by atoms with Crippen LogP contribution < -0.4 is 10.5 Å². The minimum absolute atomic E-state index is 0.183. The zero-order valence-electron chi connectivity index (χ0n) is 12.1. The molecular formula is C17H25NO2. The largest absolute Gasteiger partial charge is 0.488 e.